The lowest BCUT2D eigenvalue weighted by atomic mass is 10.00. The largest absolute Gasteiger partial charge is 0.507 e. The lowest BCUT2D eigenvalue weighted by Crippen LogP contribution is -2.29. The molecular formula is C18H23NO2. The van der Waals surface area contributed by atoms with E-state index in [2.05, 4.69) is 12.2 Å². The number of hydrogen-bond acceptors (Lipinski definition) is 3. The van der Waals surface area contributed by atoms with Crippen LogP contribution >= 0.6 is 0 Å². The van der Waals surface area contributed by atoms with Crippen LogP contribution in [0.15, 0.2) is 36.4 Å². The molecule has 0 bridgehead atoms. The number of benzene rings is 2. The normalized spacial score (nSPS) is 23.5. The third-order valence-corrected chi connectivity index (χ3v) is 4.70. The van der Waals surface area contributed by atoms with Gasteiger partial charge >= 0.3 is 0 Å². The molecule has 2 aromatic rings. The highest BCUT2D eigenvalue weighted by Gasteiger charge is 2.25. The molecule has 0 aromatic heterocycles. The monoisotopic (exact) mass is 285 g/mol. The molecule has 0 saturated heterocycles. The predicted molar refractivity (Wildman–Crippen MR) is 85.4 cm³/mol. The van der Waals surface area contributed by atoms with Crippen LogP contribution in [0.2, 0.25) is 0 Å². The molecule has 2 aromatic carbocycles. The van der Waals surface area contributed by atoms with E-state index in [4.69, 9.17) is 0 Å². The Morgan fingerprint density at radius 2 is 2.00 bits per heavy atom. The average Bonchev–Trinajstić information content (AvgIpc) is 2.91. The zero-order chi connectivity index (χ0) is 14.8. The Labute approximate surface area is 125 Å². The Kier molecular flexibility index (Phi) is 4.13. The van der Waals surface area contributed by atoms with Crippen molar-refractivity contribution in [3.63, 3.8) is 0 Å². The molecule has 0 spiro atoms. The van der Waals surface area contributed by atoms with Gasteiger partial charge in [0.2, 0.25) is 0 Å². The molecule has 112 valence electrons. The van der Waals surface area contributed by atoms with Crippen LogP contribution in [0, 0.1) is 5.92 Å². The van der Waals surface area contributed by atoms with Gasteiger partial charge in [0.15, 0.2) is 0 Å². The van der Waals surface area contributed by atoms with Gasteiger partial charge in [0.05, 0.1) is 6.10 Å². The third kappa shape index (κ3) is 2.89. The molecule has 3 unspecified atom stereocenters. The molecular weight excluding hydrogens is 262 g/mol. The van der Waals surface area contributed by atoms with Crippen LogP contribution in [-0.4, -0.2) is 22.9 Å². The fourth-order valence-corrected chi connectivity index (χ4v) is 3.31. The fourth-order valence-electron chi connectivity index (χ4n) is 3.31. The molecule has 3 N–H and O–H groups in total. The van der Waals surface area contributed by atoms with Crippen molar-refractivity contribution in [1.82, 2.24) is 5.32 Å². The predicted octanol–water partition coefficient (Wildman–Crippen LogP) is 3.36. The second kappa shape index (κ2) is 6.04. The van der Waals surface area contributed by atoms with Gasteiger partial charge < -0.3 is 15.5 Å². The molecule has 3 rings (SSSR count). The molecule has 0 aliphatic heterocycles. The van der Waals surface area contributed by atoms with Gasteiger partial charge in [-0.2, -0.15) is 0 Å². The molecule has 0 radical (unpaired) electrons. The van der Waals surface area contributed by atoms with Gasteiger partial charge in [0.25, 0.3) is 0 Å². The lowest BCUT2D eigenvalue weighted by molar-refractivity contribution is 0.130. The van der Waals surface area contributed by atoms with Gasteiger partial charge in [-0.1, -0.05) is 42.8 Å². The average molecular weight is 285 g/mol. The number of fused-ring (bicyclic) bond motifs is 1. The second-order valence-corrected chi connectivity index (χ2v) is 6.11. The van der Waals surface area contributed by atoms with Gasteiger partial charge in [0, 0.05) is 23.5 Å². The second-order valence-electron chi connectivity index (χ2n) is 6.11. The maximum absolute atomic E-state index is 10.5. The summed E-state index contributed by atoms with van der Waals surface area (Å²) in [6, 6.07) is 12.0. The molecule has 1 fully saturated rings. The van der Waals surface area contributed by atoms with Crippen molar-refractivity contribution in [3.05, 3.63) is 42.0 Å². The summed E-state index contributed by atoms with van der Waals surface area (Å²) in [5.41, 5.74) is 0.918. The molecule has 0 heterocycles. The first kappa shape index (κ1) is 14.4. The zero-order valence-corrected chi connectivity index (χ0v) is 12.4. The van der Waals surface area contributed by atoms with Crippen molar-refractivity contribution in [1.29, 1.82) is 0 Å². The molecule has 3 nitrogen and oxygen atoms in total. The standard InChI is InChI=1S/C18H23NO2/c1-12(19-11-14-6-4-8-17(14)20)15-10-9-13-5-2-3-7-16(13)18(15)21/h2-3,5,7,9-10,12,14,17,19-21H,4,6,8,11H2,1H3. The summed E-state index contributed by atoms with van der Waals surface area (Å²) in [5.74, 6) is 0.704. The minimum atomic E-state index is -0.171. The van der Waals surface area contributed by atoms with E-state index in [1.807, 2.05) is 36.4 Å². The number of aromatic hydroxyl groups is 1. The Morgan fingerprint density at radius 1 is 1.19 bits per heavy atom. The van der Waals surface area contributed by atoms with Crippen molar-refractivity contribution in [2.75, 3.05) is 6.54 Å². The number of phenols is 1. The minimum absolute atomic E-state index is 0.0717. The van der Waals surface area contributed by atoms with Crippen molar-refractivity contribution in [3.8, 4) is 5.75 Å². The highest BCUT2D eigenvalue weighted by Crippen LogP contribution is 2.33. The van der Waals surface area contributed by atoms with E-state index < -0.39 is 0 Å². The van der Waals surface area contributed by atoms with E-state index in [0.717, 1.165) is 42.1 Å². The molecule has 21 heavy (non-hydrogen) atoms. The van der Waals surface area contributed by atoms with E-state index >= 15 is 0 Å². The van der Waals surface area contributed by atoms with Crippen LogP contribution < -0.4 is 5.32 Å². The number of aliphatic hydroxyl groups is 1. The minimum Gasteiger partial charge on any atom is -0.507 e. The highest BCUT2D eigenvalue weighted by atomic mass is 16.3. The summed E-state index contributed by atoms with van der Waals surface area (Å²) in [7, 11) is 0. The first-order valence-corrected chi connectivity index (χ1v) is 7.79. The summed E-state index contributed by atoms with van der Waals surface area (Å²) in [6.07, 6.45) is 2.95. The van der Waals surface area contributed by atoms with E-state index in [1.165, 1.54) is 0 Å². The number of phenolic OH excluding ortho intramolecular Hbond substituents is 1. The molecule has 1 saturated carbocycles. The van der Waals surface area contributed by atoms with Gasteiger partial charge in [-0.3, -0.25) is 0 Å². The van der Waals surface area contributed by atoms with Gasteiger partial charge in [-0.25, -0.2) is 0 Å². The molecule has 3 atom stereocenters. The maximum atomic E-state index is 10.5. The van der Waals surface area contributed by atoms with Crippen molar-refractivity contribution in [2.45, 2.75) is 38.3 Å². The first-order chi connectivity index (χ1) is 10.2. The fraction of sp³-hybridized carbons (Fsp3) is 0.444. The molecule has 1 aliphatic rings. The van der Waals surface area contributed by atoms with Crippen LogP contribution in [0.4, 0.5) is 0 Å². The number of hydrogen-bond donors (Lipinski definition) is 3. The van der Waals surface area contributed by atoms with E-state index in [0.29, 0.717) is 11.7 Å². The zero-order valence-electron chi connectivity index (χ0n) is 12.4. The van der Waals surface area contributed by atoms with Gasteiger partial charge in [0.1, 0.15) is 5.75 Å². The van der Waals surface area contributed by atoms with Crippen LogP contribution in [0.1, 0.15) is 37.8 Å². The highest BCUT2D eigenvalue weighted by molar-refractivity contribution is 5.89. The molecule has 3 heteroatoms. The van der Waals surface area contributed by atoms with Crippen LogP contribution in [0.25, 0.3) is 10.8 Å². The first-order valence-electron chi connectivity index (χ1n) is 7.79. The smallest absolute Gasteiger partial charge is 0.128 e. The number of nitrogens with one attached hydrogen (secondary N) is 1. The van der Waals surface area contributed by atoms with E-state index in [1.54, 1.807) is 0 Å². The maximum Gasteiger partial charge on any atom is 0.128 e. The van der Waals surface area contributed by atoms with Crippen LogP contribution in [0.5, 0.6) is 5.75 Å². The number of rotatable bonds is 4. The summed E-state index contributed by atoms with van der Waals surface area (Å²) < 4.78 is 0. The van der Waals surface area contributed by atoms with E-state index in [9.17, 15) is 10.2 Å². The SMILES string of the molecule is CC(NCC1CCCC1O)c1ccc2ccccc2c1O. The Morgan fingerprint density at radius 3 is 2.76 bits per heavy atom. The van der Waals surface area contributed by atoms with Crippen molar-refractivity contribution in [2.24, 2.45) is 5.92 Å². The van der Waals surface area contributed by atoms with E-state index in [-0.39, 0.29) is 12.1 Å². The van der Waals surface area contributed by atoms with Crippen molar-refractivity contribution >= 4 is 10.8 Å². The van der Waals surface area contributed by atoms with Crippen LogP contribution in [-0.2, 0) is 0 Å². The van der Waals surface area contributed by atoms with Gasteiger partial charge in [-0.05, 0) is 31.1 Å². The Bertz CT molecular complexity index is 626. The lowest BCUT2D eigenvalue weighted by Gasteiger charge is -2.21. The summed E-state index contributed by atoms with van der Waals surface area (Å²) in [6.45, 7) is 2.86. The van der Waals surface area contributed by atoms with Gasteiger partial charge in [-0.15, -0.1) is 0 Å². The topological polar surface area (TPSA) is 52.5 Å². The Balaban J connectivity index is 1.75. The summed E-state index contributed by atoms with van der Waals surface area (Å²) in [4.78, 5) is 0. The summed E-state index contributed by atoms with van der Waals surface area (Å²) >= 11 is 0. The van der Waals surface area contributed by atoms with Crippen LogP contribution in [0.3, 0.4) is 0 Å². The molecule has 1 aliphatic carbocycles. The molecule has 0 amide bonds. The van der Waals surface area contributed by atoms with Crippen molar-refractivity contribution < 1.29 is 10.2 Å². The summed E-state index contributed by atoms with van der Waals surface area (Å²) in [5, 5.41) is 25.8. The number of aliphatic hydroxyl groups excluding tert-OH is 1. The quantitative estimate of drug-likeness (QED) is 0.807. The Hall–Kier alpha value is -1.58. The third-order valence-electron chi connectivity index (χ3n) is 4.70.